The summed E-state index contributed by atoms with van der Waals surface area (Å²) in [5.41, 5.74) is 6.37. The van der Waals surface area contributed by atoms with Gasteiger partial charge in [0.05, 0.1) is 12.2 Å². The molecule has 2 N–H and O–H groups in total. The monoisotopic (exact) mass is 340 g/mol. The van der Waals surface area contributed by atoms with Crippen LogP contribution in [0.15, 0.2) is 18.3 Å². The molecule has 1 aliphatic heterocycles. The van der Waals surface area contributed by atoms with E-state index in [1.807, 2.05) is 0 Å². The Labute approximate surface area is 135 Å². The van der Waals surface area contributed by atoms with Crippen molar-refractivity contribution in [1.82, 2.24) is 14.2 Å². The standard InChI is InChI=1S/C14H20N4O4S/c1-10-4-3-5-16-12(10)14(20)17-6-7-18(23(2,21)22)9-11(8-17)13(15)19/h3-5,11H,6-9H2,1-2H3,(H2,15,19)/t11-/m1/s1. The van der Waals surface area contributed by atoms with Crippen LogP contribution < -0.4 is 5.73 Å². The average Bonchev–Trinajstić information content (AvgIpc) is 2.70. The number of primary amides is 1. The van der Waals surface area contributed by atoms with Crippen molar-refractivity contribution >= 4 is 21.8 Å². The molecule has 9 heteroatoms. The van der Waals surface area contributed by atoms with Gasteiger partial charge < -0.3 is 10.6 Å². The van der Waals surface area contributed by atoms with Crippen LogP contribution in [-0.2, 0) is 14.8 Å². The van der Waals surface area contributed by atoms with E-state index in [-0.39, 0.29) is 32.1 Å². The third kappa shape index (κ3) is 4.05. The zero-order valence-electron chi connectivity index (χ0n) is 13.1. The molecule has 0 saturated carbocycles. The van der Waals surface area contributed by atoms with Crippen LogP contribution in [0, 0.1) is 12.8 Å². The summed E-state index contributed by atoms with van der Waals surface area (Å²) in [4.78, 5) is 29.8. The predicted molar refractivity (Wildman–Crippen MR) is 84.0 cm³/mol. The first kappa shape index (κ1) is 17.4. The van der Waals surface area contributed by atoms with Gasteiger partial charge in [0, 0.05) is 32.4 Å². The molecule has 1 saturated heterocycles. The minimum Gasteiger partial charge on any atom is -0.369 e. The minimum absolute atomic E-state index is 0.0147. The largest absolute Gasteiger partial charge is 0.369 e. The van der Waals surface area contributed by atoms with Gasteiger partial charge in [0.2, 0.25) is 15.9 Å². The van der Waals surface area contributed by atoms with E-state index < -0.39 is 21.8 Å². The highest BCUT2D eigenvalue weighted by atomic mass is 32.2. The summed E-state index contributed by atoms with van der Waals surface area (Å²) in [5, 5.41) is 0. The van der Waals surface area contributed by atoms with Gasteiger partial charge in [0.1, 0.15) is 5.69 Å². The van der Waals surface area contributed by atoms with Crippen LogP contribution in [0.5, 0.6) is 0 Å². The number of carbonyl (C=O) groups is 2. The lowest BCUT2D eigenvalue weighted by molar-refractivity contribution is -0.122. The molecule has 2 heterocycles. The molecule has 8 nitrogen and oxygen atoms in total. The van der Waals surface area contributed by atoms with Crippen molar-refractivity contribution in [3.63, 3.8) is 0 Å². The Morgan fingerprint density at radius 3 is 2.57 bits per heavy atom. The van der Waals surface area contributed by atoms with Gasteiger partial charge >= 0.3 is 0 Å². The van der Waals surface area contributed by atoms with E-state index in [1.54, 1.807) is 19.1 Å². The highest BCUT2D eigenvalue weighted by molar-refractivity contribution is 7.88. The Bertz CT molecular complexity index is 719. The molecule has 0 aliphatic carbocycles. The minimum atomic E-state index is -3.47. The third-order valence-electron chi connectivity index (χ3n) is 3.85. The molecular formula is C14H20N4O4S. The van der Waals surface area contributed by atoms with Crippen molar-refractivity contribution < 1.29 is 18.0 Å². The number of nitrogens with two attached hydrogens (primary N) is 1. The van der Waals surface area contributed by atoms with Gasteiger partial charge in [-0.2, -0.15) is 4.31 Å². The maximum absolute atomic E-state index is 12.6. The number of rotatable bonds is 3. The molecule has 1 atom stereocenters. The van der Waals surface area contributed by atoms with Crippen molar-refractivity contribution in [2.45, 2.75) is 6.92 Å². The number of aryl methyl sites for hydroxylation is 1. The molecule has 0 bridgehead atoms. The van der Waals surface area contributed by atoms with Crippen molar-refractivity contribution in [3.8, 4) is 0 Å². The Morgan fingerprint density at radius 1 is 1.30 bits per heavy atom. The van der Waals surface area contributed by atoms with Crippen LogP contribution in [0.3, 0.4) is 0 Å². The van der Waals surface area contributed by atoms with Gasteiger partial charge in [-0.25, -0.2) is 8.42 Å². The smallest absolute Gasteiger partial charge is 0.272 e. The highest BCUT2D eigenvalue weighted by Crippen LogP contribution is 2.15. The summed E-state index contributed by atoms with van der Waals surface area (Å²) in [6, 6.07) is 3.50. The first-order valence-corrected chi connectivity index (χ1v) is 9.00. The molecule has 1 aliphatic rings. The molecule has 0 aromatic carbocycles. The molecule has 0 radical (unpaired) electrons. The van der Waals surface area contributed by atoms with Crippen molar-refractivity contribution in [2.75, 3.05) is 32.4 Å². The summed E-state index contributed by atoms with van der Waals surface area (Å²) in [7, 11) is -3.47. The van der Waals surface area contributed by atoms with Crippen LogP contribution in [0.2, 0.25) is 0 Å². The van der Waals surface area contributed by atoms with Gasteiger partial charge in [-0.1, -0.05) is 6.07 Å². The van der Waals surface area contributed by atoms with E-state index >= 15 is 0 Å². The summed E-state index contributed by atoms with van der Waals surface area (Å²) < 4.78 is 24.7. The summed E-state index contributed by atoms with van der Waals surface area (Å²) in [5.74, 6) is -1.71. The van der Waals surface area contributed by atoms with E-state index in [0.717, 1.165) is 11.8 Å². The summed E-state index contributed by atoms with van der Waals surface area (Å²) >= 11 is 0. The Hall–Kier alpha value is -2.00. The molecule has 1 aromatic rings. The molecule has 1 fully saturated rings. The fraction of sp³-hybridized carbons (Fsp3) is 0.500. The van der Waals surface area contributed by atoms with Crippen LogP contribution in [0.25, 0.3) is 0 Å². The zero-order chi connectivity index (χ0) is 17.2. The molecule has 2 amide bonds. The number of sulfonamides is 1. The van der Waals surface area contributed by atoms with E-state index in [4.69, 9.17) is 5.73 Å². The number of pyridine rings is 1. The second-order valence-corrected chi connectivity index (χ2v) is 7.62. The SMILES string of the molecule is Cc1cccnc1C(=O)N1CCN(S(C)(=O)=O)C[C@H](C(N)=O)C1. The van der Waals surface area contributed by atoms with E-state index in [2.05, 4.69) is 4.98 Å². The number of nitrogens with zero attached hydrogens (tertiary/aromatic N) is 3. The number of hydrogen-bond donors (Lipinski definition) is 1. The Kier molecular flexibility index (Phi) is 5.00. The lowest BCUT2D eigenvalue weighted by atomic mass is 10.1. The molecule has 0 spiro atoms. The van der Waals surface area contributed by atoms with Crippen molar-refractivity contribution in [1.29, 1.82) is 0 Å². The van der Waals surface area contributed by atoms with Gasteiger partial charge in [0.15, 0.2) is 0 Å². The van der Waals surface area contributed by atoms with Crippen LogP contribution >= 0.6 is 0 Å². The highest BCUT2D eigenvalue weighted by Gasteiger charge is 2.33. The number of aromatic nitrogens is 1. The van der Waals surface area contributed by atoms with E-state index in [0.29, 0.717) is 5.69 Å². The lowest BCUT2D eigenvalue weighted by Gasteiger charge is -2.22. The van der Waals surface area contributed by atoms with Crippen molar-refractivity contribution in [2.24, 2.45) is 11.7 Å². The molecule has 23 heavy (non-hydrogen) atoms. The molecule has 0 unspecified atom stereocenters. The fourth-order valence-electron chi connectivity index (χ4n) is 2.51. The third-order valence-corrected chi connectivity index (χ3v) is 5.12. The average molecular weight is 340 g/mol. The maximum atomic E-state index is 12.6. The van der Waals surface area contributed by atoms with Gasteiger partial charge in [-0.05, 0) is 18.6 Å². The lowest BCUT2D eigenvalue weighted by Crippen LogP contribution is -2.41. The van der Waals surface area contributed by atoms with Gasteiger partial charge in [-0.3, -0.25) is 14.6 Å². The quantitative estimate of drug-likeness (QED) is 0.774. The Balaban J connectivity index is 2.28. The van der Waals surface area contributed by atoms with Gasteiger partial charge in [-0.15, -0.1) is 0 Å². The number of hydrogen-bond acceptors (Lipinski definition) is 5. The van der Waals surface area contributed by atoms with Crippen LogP contribution in [0.4, 0.5) is 0 Å². The first-order valence-electron chi connectivity index (χ1n) is 7.15. The second kappa shape index (κ2) is 6.63. The molecule has 126 valence electrons. The normalized spacial score (nSPS) is 20.1. The second-order valence-electron chi connectivity index (χ2n) is 5.64. The molecule has 1 aromatic heterocycles. The fourth-order valence-corrected chi connectivity index (χ4v) is 3.37. The van der Waals surface area contributed by atoms with Crippen molar-refractivity contribution in [3.05, 3.63) is 29.6 Å². The molecular weight excluding hydrogens is 320 g/mol. The van der Waals surface area contributed by atoms with Crippen LogP contribution in [0.1, 0.15) is 16.1 Å². The number of amides is 2. The van der Waals surface area contributed by atoms with E-state index in [1.165, 1.54) is 15.4 Å². The summed E-state index contributed by atoms with van der Waals surface area (Å²) in [6.45, 7) is 2.15. The summed E-state index contributed by atoms with van der Waals surface area (Å²) in [6.07, 6.45) is 2.60. The maximum Gasteiger partial charge on any atom is 0.272 e. The topological polar surface area (TPSA) is 114 Å². The Morgan fingerprint density at radius 2 is 2.00 bits per heavy atom. The van der Waals surface area contributed by atoms with Gasteiger partial charge in [0.25, 0.3) is 5.91 Å². The molecule has 2 rings (SSSR count). The van der Waals surface area contributed by atoms with E-state index in [9.17, 15) is 18.0 Å². The first-order chi connectivity index (χ1) is 10.7. The zero-order valence-corrected chi connectivity index (χ0v) is 13.9. The number of carbonyl (C=O) groups excluding carboxylic acids is 2. The predicted octanol–water partition coefficient (Wildman–Crippen LogP) is -0.791. The van der Waals surface area contributed by atoms with Crippen LogP contribution in [-0.4, -0.2) is 66.9 Å².